The molecule has 0 radical (unpaired) electrons. The Morgan fingerprint density at radius 3 is 1.96 bits per heavy atom. The van der Waals surface area contributed by atoms with Gasteiger partial charge in [0.25, 0.3) is 7.37 Å². The van der Waals surface area contributed by atoms with Gasteiger partial charge in [0.1, 0.15) is 11.5 Å². The van der Waals surface area contributed by atoms with Crippen LogP contribution in [0.15, 0.2) is 48.5 Å². The highest BCUT2D eigenvalue weighted by Crippen LogP contribution is 2.78. The van der Waals surface area contributed by atoms with E-state index in [1.807, 2.05) is 36.4 Å². The fraction of sp³-hybridized carbons (Fsp3) is 0.429. The molecule has 4 heteroatoms. The third-order valence-electron chi connectivity index (χ3n) is 5.86. The van der Waals surface area contributed by atoms with E-state index < -0.39 is 7.37 Å². The lowest BCUT2D eigenvalue weighted by Gasteiger charge is -2.26. The minimum atomic E-state index is -2.56. The Morgan fingerprint density at radius 1 is 1.04 bits per heavy atom. The van der Waals surface area contributed by atoms with Crippen molar-refractivity contribution >= 4 is 7.37 Å². The summed E-state index contributed by atoms with van der Waals surface area (Å²) in [6, 6.07) is 15.2. The monoisotopic (exact) mass is 358 g/mol. The van der Waals surface area contributed by atoms with Crippen LogP contribution in [0.25, 0.3) is 0 Å². The lowest BCUT2D eigenvalue weighted by atomic mass is 9.78. The molecule has 1 aliphatic heterocycles. The maximum absolute atomic E-state index is 12.9. The van der Waals surface area contributed by atoms with Gasteiger partial charge < -0.3 is 9.63 Å². The largest absolute Gasteiger partial charge is 0.508 e. The molecular formula is C21H27O3P. The molecule has 25 heavy (non-hydrogen) atoms. The quantitative estimate of drug-likeness (QED) is 0.687. The molecule has 0 spiro atoms. The molecule has 1 aliphatic rings. The van der Waals surface area contributed by atoms with Gasteiger partial charge in [-0.3, -0.25) is 4.57 Å². The van der Waals surface area contributed by atoms with Crippen molar-refractivity contribution < 1.29 is 14.2 Å². The van der Waals surface area contributed by atoms with Gasteiger partial charge in [0.15, 0.2) is 0 Å². The molecule has 2 atom stereocenters. The van der Waals surface area contributed by atoms with Crippen LogP contribution >= 0.6 is 7.37 Å². The molecule has 1 fully saturated rings. The predicted octanol–water partition coefficient (Wildman–Crippen LogP) is 5.80. The topological polar surface area (TPSA) is 46.5 Å². The van der Waals surface area contributed by atoms with Crippen molar-refractivity contribution in [2.45, 2.75) is 45.2 Å². The molecule has 1 saturated heterocycles. The van der Waals surface area contributed by atoms with E-state index >= 15 is 0 Å². The van der Waals surface area contributed by atoms with Crippen LogP contribution in [-0.4, -0.2) is 16.4 Å². The Bertz CT molecular complexity index is 806. The van der Waals surface area contributed by atoms with E-state index in [-0.39, 0.29) is 16.3 Å². The summed E-state index contributed by atoms with van der Waals surface area (Å²) in [7, 11) is -2.56. The van der Waals surface area contributed by atoms with Gasteiger partial charge in [-0.2, -0.15) is 0 Å². The highest BCUT2D eigenvalue weighted by atomic mass is 31.2. The molecular weight excluding hydrogens is 331 g/mol. The van der Waals surface area contributed by atoms with E-state index in [0.29, 0.717) is 17.8 Å². The number of phenols is 1. The number of benzene rings is 2. The average molecular weight is 358 g/mol. The van der Waals surface area contributed by atoms with Crippen LogP contribution in [0.2, 0.25) is 0 Å². The zero-order valence-electron chi connectivity index (χ0n) is 15.6. The first-order chi connectivity index (χ1) is 11.6. The maximum Gasteiger partial charge on any atom is 0.255 e. The van der Waals surface area contributed by atoms with Gasteiger partial charge in [-0.05, 0) is 48.2 Å². The van der Waals surface area contributed by atoms with E-state index in [2.05, 4.69) is 34.6 Å². The van der Waals surface area contributed by atoms with Crippen molar-refractivity contribution in [3.05, 3.63) is 59.7 Å². The fourth-order valence-electron chi connectivity index (χ4n) is 3.25. The SMILES string of the molecule is CC(C)C1(C)CP1(=O)Oc1ccc(C(C)(C)c2ccc(O)cc2)cc1. The minimum absolute atomic E-state index is 0.184. The van der Waals surface area contributed by atoms with Crippen LogP contribution in [0.1, 0.15) is 45.7 Å². The molecule has 0 aliphatic carbocycles. The maximum atomic E-state index is 12.9. The lowest BCUT2D eigenvalue weighted by molar-refractivity contribution is 0.469. The first-order valence-corrected chi connectivity index (χ1v) is 10.6. The van der Waals surface area contributed by atoms with E-state index in [4.69, 9.17) is 4.52 Å². The standard InChI is InChI=1S/C21H27O3P/c1-15(2)21(5)14-25(21,23)24-19-12-8-17(9-13-19)20(3,4)16-6-10-18(22)11-7-16/h6-13,15,22H,14H2,1-5H3. The van der Waals surface area contributed by atoms with Gasteiger partial charge in [0, 0.05) is 5.41 Å². The van der Waals surface area contributed by atoms with Gasteiger partial charge >= 0.3 is 0 Å². The van der Waals surface area contributed by atoms with Crippen LogP contribution < -0.4 is 4.52 Å². The summed E-state index contributed by atoms with van der Waals surface area (Å²) in [5, 5.41) is 9.30. The Balaban J connectivity index is 1.79. The van der Waals surface area contributed by atoms with Gasteiger partial charge in [-0.15, -0.1) is 0 Å². The minimum Gasteiger partial charge on any atom is -0.508 e. The number of rotatable bonds is 5. The summed E-state index contributed by atoms with van der Waals surface area (Å²) < 4.78 is 18.8. The van der Waals surface area contributed by atoms with E-state index in [1.54, 1.807) is 12.1 Å². The van der Waals surface area contributed by atoms with Gasteiger partial charge in [-0.25, -0.2) is 0 Å². The molecule has 0 saturated carbocycles. The molecule has 3 rings (SSSR count). The number of aromatic hydroxyl groups is 1. The lowest BCUT2D eigenvalue weighted by Crippen LogP contribution is -2.18. The van der Waals surface area contributed by atoms with Crippen molar-refractivity contribution in [1.82, 2.24) is 0 Å². The summed E-state index contributed by atoms with van der Waals surface area (Å²) >= 11 is 0. The molecule has 1 N–H and O–H groups in total. The smallest absolute Gasteiger partial charge is 0.255 e. The molecule has 134 valence electrons. The molecule has 0 bridgehead atoms. The number of phenolic OH excluding ortho intramolecular Hbond substituents is 1. The van der Waals surface area contributed by atoms with Crippen molar-refractivity contribution in [2.75, 3.05) is 6.16 Å². The van der Waals surface area contributed by atoms with E-state index in [0.717, 1.165) is 11.1 Å². The van der Waals surface area contributed by atoms with Crippen LogP contribution in [0, 0.1) is 5.92 Å². The summed E-state index contributed by atoms with van der Waals surface area (Å²) in [5.74, 6) is 1.30. The molecule has 0 amide bonds. The highest BCUT2D eigenvalue weighted by molar-refractivity contribution is 7.69. The Morgan fingerprint density at radius 2 is 1.52 bits per heavy atom. The Hall–Kier alpha value is -1.73. The summed E-state index contributed by atoms with van der Waals surface area (Å²) in [5.41, 5.74) is 2.08. The Labute approximate surface area is 150 Å². The fourth-order valence-corrected chi connectivity index (χ4v) is 6.25. The Kier molecular flexibility index (Phi) is 4.28. The van der Waals surface area contributed by atoms with E-state index in [1.165, 1.54) is 0 Å². The molecule has 3 nitrogen and oxygen atoms in total. The van der Waals surface area contributed by atoms with Crippen molar-refractivity contribution in [3.63, 3.8) is 0 Å². The van der Waals surface area contributed by atoms with Crippen LogP contribution in [-0.2, 0) is 9.98 Å². The van der Waals surface area contributed by atoms with Crippen LogP contribution in [0.3, 0.4) is 0 Å². The second kappa shape index (κ2) is 5.92. The van der Waals surface area contributed by atoms with Crippen LogP contribution in [0.4, 0.5) is 0 Å². The van der Waals surface area contributed by atoms with Gasteiger partial charge in [0.2, 0.25) is 0 Å². The average Bonchev–Trinajstić information content (AvgIpc) is 3.11. The van der Waals surface area contributed by atoms with Crippen molar-refractivity contribution in [3.8, 4) is 11.5 Å². The zero-order chi connectivity index (χ0) is 18.5. The highest BCUT2D eigenvalue weighted by Gasteiger charge is 2.66. The van der Waals surface area contributed by atoms with Gasteiger partial charge in [0.05, 0.1) is 11.3 Å². The molecule has 1 heterocycles. The third-order valence-corrected chi connectivity index (χ3v) is 9.29. The summed E-state index contributed by atoms with van der Waals surface area (Å²) in [6.07, 6.45) is 0.665. The van der Waals surface area contributed by atoms with Crippen molar-refractivity contribution in [1.29, 1.82) is 0 Å². The molecule has 2 unspecified atom stereocenters. The van der Waals surface area contributed by atoms with Crippen molar-refractivity contribution in [2.24, 2.45) is 5.92 Å². The molecule has 2 aromatic rings. The predicted molar refractivity (Wildman–Crippen MR) is 103 cm³/mol. The number of hydrogen-bond acceptors (Lipinski definition) is 3. The molecule has 2 aromatic carbocycles. The summed E-state index contributed by atoms with van der Waals surface area (Å²) in [6.45, 7) is 10.6. The second-order valence-corrected chi connectivity index (χ2v) is 11.0. The second-order valence-electron chi connectivity index (χ2n) is 8.13. The van der Waals surface area contributed by atoms with Crippen LogP contribution in [0.5, 0.6) is 11.5 Å². The molecule has 0 aromatic heterocycles. The third kappa shape index (κ3) is 3.11. The zero-order valence-corrected chi connectivity index (χ0v) is 16.5. The van der Waals surface area contributed by atoms with Gasteiger partial charge in [-0.1, -0.05) is 52.0 Å². The van der Waals surface area contributed by atoms with E-state index in [9.17, 15) is 9.67 Å². The number of hydrogen-bond donors (Lipinski definition) is 1. The summed E-state index contributed by atoms with van der Waals surface area (Å²) in [4.78, 5) is 0. The normalized spacial score (nSPS) is 25.8. The first kappa shape index (κ1) is 18.1. The first-order valence-electron chi connectivity index (χ1n) is 8.77.